The average Bonchev–Trinajstić information content (AvgIpc) is 3.22. The number of carbonyl (C=O) groups excluding carboxylic acids is 1. The Bertz CT molecular complexity index is 1110. The predicted octanol–water partition coefficient (Wildman–Crippen LogP) is 3.61. The Kier molecular flexibility index (Phi) is 5.38. The van der Waals surface area contributed by atoms with Crippen LogP contribution in [-0.4, -0.2) is 34.4 Å². The van der Waals surface area contributed by atoms with Crippen LogP contribution in [0.5, 0.6) is 11.5 Å². The number of nitrogens with zero attached hydrogens (tertiary/aromatic N) is 3. The Hall–Kier alpha value is -3.81. The number of carbonyl (C=O) groups is 1. The molecule has 4 rings (SSSR count). The summed E-state index contributed by atoms with van der Waals surface area (Å²) in [5, 5.41) is 10.5. The number of aromatic nitrogens is 3. The first-order valence-corrected chi connectivity index (χ1v) is 9.67. The summed E-state index contributed by atoms with van der Waals surface area (Å²) >= 11 is 0. The van der Waals surface area contributed by atoms with Crippen molar-refractivity contribution in [3.05, 3.63) is 71.7 Å². The number of hydrogen-bond donors (Lipinski definition) is 2. The molecule has 1 aliphatic rings. The van der Waals surface area contributed by atoms with Crippen LogP contribution in [0.4, 0.5) is 11.6 Å². The molecular weight excluding hydrogens is 382 g/mol. The first-order valence-electron chi connectivity index (χ1n) is 9.67. The SMILES string of the molecule is CCOc1ccccc1[C@H]1C(C(=O)Nc2ccccc2OC)=C(C)Nc2ncnn21. The summed E-state index contributed by atoms with van der Waals surface area (Å²) in [5.41, 5.74) is 2.63. The number of hydrogen-bond acceptors (Lipinski definition) is 6. The molecule has 0 fully saturated rings. The van der Waals surface area contributed by atoms with E-state index in [4.69, 9.17) is 9.47 Å². The lowest BCUT2D eigenvalue weighted by Gasteiger charge is -2.29. The van der Waals surface area contributed by atoms with Crippen molar-refractivity contribution in [1.82, 2.24) is 14.8 Å². The maximum absolute atomic E-state index is 13.5. The molecule has 2 aromatic carbocycles. The summed E-state index contributed by atoms with van der Waals surface area (Å²) in [4.78, 5) is 17.7. The van der Waals surface area contributed by atoms with Gasteiger partial charge in [0.2, 0.25) is 5.95 Å². The number of nitrogens with one attached hydrogen (secondary N) is 2. The van der Waals surface area contributed by atoms with Gasteiger partial charge >= 0.3 is 0 Å². The molecule has 30 heavy (non-hydrogen) atoms. The summed E-state index contributed by atoms with van der Waals surface area (Å²) < 4.78 is 12.9. The summed E-state index contributed by atoms with van der Waals surface area (Å²) in [6.45, 7) is 4.29. The molecule has 0 saturated heterocycles. The Morgan fingerprint density at radius 3 is 2.67 bits per heavy atom. The number of ether oxygens (including phenoxy) is 2. The van der Waals surface area contributed by atoms with Gasteiger partial charge in [-0.25, -0.2) is 4.68 Å². The minimum absolute atomic E-state index is 0.262. The van der Waals surface area contributed by atoms with Crippen LogP contribution in [0.3, 0.4) is 0 Å². The molecule has 8 heteroatoms. The lowest BCUT2D eigenvalue weighted by molar-refractivity contribution is -0.113. The van der Waals surface area contributed by atoms with E-state index in [2.05, 4.69) is 20.7 Å². The van der Waals surface area contributed by atoms with Crippen molar-refractivity contribution in [3.8, 4) is 11.5 Å². The molecule has 0 saturated carbocycles. The number of amides is 1. The van der Waals surface area contributed by atoms with Crippen LogP contribution in [0.1, 0.15) is 25.5 Å². The first kappa shape index (κ1) is 19.5. The van der Waals surface area contributed by atoms with Crippen LogP contribution < -0.4 is 20.1 Å². The number of rotatable bonds is 6. The quantitative estimate of drug-likeness (QED) is 0.651. The maximum Gasteiger partial charge on any atom is 0.255 e. The minimum atomic E-state index is -0.499. The molecule has 0 radical (unpaired) electrons. The zero-order valence-electron chi connectivity index (χ0n) is 17.0. The summed E-state index contributed by atoms with van der Waals surface area (Å²) in [6.07, 6.45) is 1.47. The third-order valence-corrected chi connectivity index (χ3v) is 4.91. The van der Waals surface area contributed by atoms with E-state index in [1.807, 2.05) is 50.2 Å². The standard InChI is InChI=1S/C22H23N5O3/c1-4-30-17-11-7-5-9-15(17)20-19(14(2)25-22-23-13-24-27(20)22)21(28)26-16-10-6-8-12-18(16)29-3/h5-13,20H,4H2,1-3H3,(H,26,28)(H,23,24,25)/t20-/m0/s1. The summed E-state index contributed by atoms with van der Waals surface area (Å²) in [7, 11) is 1.57. The van der Waals surface area contributed by atoms with Crippen LogP contribution in [-0.2, 0) is 4.79 Å². The zero-order chi connectivity index (χ0) is 21.1. The van der Waals surface area contributed by atoms with Crippen molar-refractivity contribution in [2.75, 3.05) is 24.4 Å². The average molecular weight is 405 g/mol. The maximum atomic E-state index is 13.5. The second-order valence-electron chi connectivity index (χ2n) is 6.72. The summed E-state index contributed by atoms with van der Waals surface area (Å²) in [5.74, 6) is 1.59. The van der Waals surface area contributed by atoms with Crippen LogP contribution in [0.2, 0.25) is 0 Å². The second-order valence-corrected chi connectivity index (χ2v) is 6.72. The molecule has 0 unspecified atom stereocenters. The Morgan fingerprint density at radius 2 is 1.90 bits per heavy atom. The molecule has 0 aliphatic carbocycles. The Morgan fingerprint density at radius 1 is 1.17 bits per heavy atom. The number of methoxy groups -OCH3 is 1. The van der Waals surface area contributed by atoms with Gasteiger partial charge in [-0.3, -0.25) is 4.79 Å². The molecule has 2 N–H and O–H groups in total. The van der Waals surface area contributed by atoms with Gasteiger partial charge in [0.1, 0.15) is 23.9 Å². The highest BCUT2D eigenvalue weighted by Crippen LogP contribution is 2.39. The van der Waals surface area contributed by atoms with E-state index in [1.165, 1.54) is 6.33 Å². The van der Waals surface area contributed by atoms with Gasteiger partial charge in [-0.15, -0.1) is 0 Å². The van der Waals surface area contributed by atoms with Crippen molar-refractivity contribution in [2.45, 2.75) is 19.9 Å². The fourth-order valence-corrected chi connectivity index (χ4v) is 3.60. The van der Waals surface area contributed by atoms with Gasteiger partial charge in [-0.05, 0) is 32.0 Å². The van der Waals surface area contributed by atoms with Crippen molar-refractivity contribution in [3.63, 3.8) is 0 Å². The molecule has 0 bridgehead atoms. The Labute approximate surface area is 174 Å². The van der Waals surface area contributed by atoms with E-state index in [-0.39, 0.29) is 5.91 Å². The van der Waals surface area contributed by atoms with Gasteiger partial charge in [-0.2, -0.15) is 10.1 Å². The highest BCUT2D eigenvalue weighted by molar-refractivity contribution is 6.06. The smallest absolute Gasteiger partial charge is 0.255 e. The van der Waals surface area contributed by atoms with Gasteiger partial charge in [0, 0.05) is 11.3 Å². The number of anilines is 2. The lowest BCUT2D eigenvalue weighted by Crippen LogP contribution is -2.31. The largest absolute Gasteiger partial charge is 0.495 e. The number of allylic oxidation sites excluding steroid dienone is 1. The van der Waals surface area contributed by atoms with E-state index in [1.54, 1.807) is 23.9 Å². The molecule has 2 heterocycles. The van der Waals surface area contributed by atoms with Crippen molar-refractivity contribution in [2.24, 2.45) is 0 Å². The van der Waals surface area contributed by atoms with Crippen molar-refractivity contribution in [1.29, 1.82) is 0 Å². The van der Waals surface area contributed by atoms with Gasteiger partial charge < -0.3 is 20.1 Å². The fourth-order valence-electron chi connectivity index (χ4n) is 3.60. The van der Waals surface area contributed by atoms with Crippen LogP contribution in [0.25, 0.3) is 0 Å². The molecule has 1 aliphatic heterocycles. The molecule has 3 aromatic rings. The fraction of sp³-hybridized carbons (Fsp3) is 0.227. The number of para-hydroxylation sites is 3. The third kappa shape index (κ3) is 3.47. The second kappa shape index (κ2) is 8.28. The van der Waals surface area contributed by atoms with Gasteiger partial charge in [0.25, 0.3) is 5.91 Å². The van der Waals surface area contributed by atoms with E-state index < -0.39 is 6.04 Å². The van der Waals surface area contributed by atoms with Crippen molar-refractivity contribution < 1.29 is 14.3 Å². The van der Waals surface area contributed by atoms with Crippen molar-refractivity contribution >= 4 is 17.5 Å². The van der Waals surface area contributed by atoms with Crippen LogP contribution in [0, 0.1) is 0 Å². The van der Waals surface area contributed by atoms with E-state index >= 15 is 0 Å². The van der Waals surface area contributed by atoms with Crippen LogP contribution in [0.15, 0.2) is 66.1 Å². The van der Waals surface area contributed by atoms with Gasteiger partial charge in [0.15, 0.2) is 0 Å². The highest BCUT2D eigenvalue weighted by atomic mass is 16.5. The monoisotopic (exact) mass is 405 g/mol. The van der Waals surface area contributed by atoms with Gasteiger partial charge in [0.05, 0.1) is 25.0 Å². The molecule has 0 spiro atoms. The first-order chi connectivity index (χ1) is 14.6. The predicted molar refractivity (Wildman–Crippen MR) is 114 cm³/mol. The topological polar surface area (TPSA) is 90.3 Å². The molecule has 1 amide bonds. The normalized spacial score (nSPS) is 15.2. The molecular formula is C22H23N5O3. The third-order valence-electron chi connectivity index (χ3n) is 4.91. The summed E-state index contributed by atoms with van der Waals surface area (Å²) in [6, 6.07) is 14.4. The number of fused-ring (bicyclic) bond motifs is 1. The van der Waals surface area contributed by atoms with Crippen LogP contribution >= 0.6 is 0 Å². The highest BCUT2D eigenvalue weighted by Gasteiger charge is 2.35. The molecule has 154 valence electrons. The number of benzene rings is 2. The minimum Gasteiger partial charge on any atom is -0.495 e. The molecule has 1 atom stereocenters. The molecule has 1 aromatic heterocycles. The Balaban J connectivity index is 1.80. The lowest BCUT2D eigenvalue weighted by atomic mass is 9.94. The van der Waals surface area contributed by atoms with Gasteiger partial charge in [-0.1, -0.05) is 30.3 Å². The molecule has 8 nitrogen and oxygen atoms in total. The van der Waals surface area contributed by atoms with E-state index in [0.717, 1.165) is 5.56 Å². The zero-order valence-corrected chi connectivity index (χ0v) is 17.0. The van der Waals surface area contributed by atoms with E-state index in [0.29, 0.717) is 41.0 Å². The van der Waals surface area contributed by atoms with E-state index in [9.17, 15) is 4.79 Å².